The quantitative estimate of drug-likeness (QED) is 0.520. The van der Waals surface area contributed by atoms with Crippen LogP contribution in [0.3, 0.4) is 0 Å². The fourth-order valence-electron chi connectivity index (χ4n) is 0.790. The van der Waals surface area contributed by atoms with E-state index >= 15 is 0 Å². The first kappa shape index (κ1) is 11.9. The van der Waals surface area contributed by atoms with Crippen LogP contribution in [0.5, 0.6) is 0 Å². The molecule has 0 aliphatic carbocycles. The number of carboxylic acids is 1. The van der Waals surface area contributed by atoms with Gasteiger partial charge in [-0.1, -0.05) is 0 Å². The fourth-order valence-corrected chi connectivity index (χ4v) is 0.790. The van der Waals surface area contributed by atoms with Crippen LogP contribution in [0.1, 0.15) is 10.5 Å². The Kier molecular flexibility index (Phi) is 4.16. The van der Waals surface area contributed by atoms with Crippen LogP contribution in [0.25, 0.3) is 0 Å². The number of aromatic nitrogens is 2. The molecular weight excluding hydrogens is 218 g/mol. The minimum absolute atomic E-state index is 0.00794. The van der Waals surface area contributed by atoms with E-state index in [1.165, 1.54) is 19.5 Å². The Morgan fingerprint density at radius 2 is 2.25 bits per heavy atom. The molecule has 0 fully saturated rings. The molecule has 0 radical (unpaired) electrons. The van der Waals surface area contributed by atoms with Gasteiger partial charge >= 0.3 is 11.9 Å². The minimum atomic E-state index is -1.13. The summed E-state index contributed by atoms with van der Waals surface area (Å²) in [6, 6.07) is 0. The van der Waals surface area contributed by atoms with Crippen molar-refractivity contribution in [1.82, 2.24) is 9.97 Å². The van der Waals surface area contributed by atoms with Gasteiger partial charge in [0, 0.05) is 0 Å². The highest BCUT2D eigenvalue weighted by atomic mass is 16.7. The Morgan fingerprint density at radius 3 is 2.88 bits per heavy atom. The number of aliphatic carboxylic acids is 1. The molecule has 1 heterocycles. The third-order valence-corrected chi connectivity index (χ3v) is 1.40. The second kappa shape index (κ2) is 5.61. The molecule has 0 amide bonds. The number of ether oxygens (including phenoxy) is 1. The number of hydrogen-bond acceptors (Lipinski definition) is 7. The number of carbonyl (C=O) groups excluding carboxylic acids is 1. The predicted octanol–water partition coefficient (Wildman–Crippen LogP) is -0.309. The molecule has 0 unspecified atom stereocenters. The van der Waals surface area contributed by atoms with Crippen LogP contribution in [0.4, 0.5) is 5.82 Å². The van der Waals surface area contributed by atoms with E-state index in [1.54, 1.807) is 0 Å². The summed E-state index contributed by atoms with van der Waals surface area (Å²) in [5.74, 6) is -1.66. The van der Waals surface area contributed by atoms with Crippen LogP contribution in [0, 0.1) is 0 Å². The Morgan fingerprint density at radius 1 is 1.50 bits per heavy atom. The maximum absolute atomic E-state index is 11.1. The zero-order valence-corrected chi connectivity index (χ0v) is 8.34. The third-order valence-electron chi connectivity index (χ3n) is 1.40. The number of nitrogens with one attached hydrogen (secondary N) is 1. The van der Waals surface area contributed by atoms with E-state index in [9.17, 15) is 9.59 Å². The number of anilines is 1. The van der Waals surface area contributed by atoms with Crippen molar-refractivity contribution in [3.63, 3.8) is 0 Å². The number of nitrogens with zero attached hydrogens (tertiary/aromatic N) is 2. The van der Waals surface area contributed by atoms with E-state index in [0.29, 0.717) is 0 Å². The predicted molar refractivity (Wildman–Crippen MR) is 50.6 cm³/mol. The standard InChI is InChI=1S/C8H9N3O5/c1-15-8(14)5-2-9-3-6(10-5)11-16-4-7(12)13/h2-3H,4H2,1H3,(H,10,11)(H,12,13). The molecule has 8 heteroatoms. The molecule has 0 aliphatic rings. The van der Waals surface area contributed by atoms with Gasteiger partial charge in [-0.05, 0) is 0 Å². The fraction of sp³-hybridized carbons (Fsp3) is 0.250. The van der Waals surface area contributed by atoms with E-state index in [2.05, 4.69) is 25.0 Å². The number of methoxy groups -OCH3 is 1. The third kappa shape index (κ3) is 3.50. The summed E-state index contributed by atoms with van der Waals surface area (Å²) in [6.45, 7) is -0.538. The monoisotopic (exact) mass is 227 g/mol. The van der Waals surface area contributed by atoms with Gasteiger partial charge < -0.3 is 9.84 Å². The van der Waals surface area contributed by atoms with E-state index in [-0.39, 0.29) is 11.5 Å². The highest BCUT2D eigenvalue weighted by molar-refractivity contribution is 5.87. The molecular formula is C8H9N3O5. The smallest absolute Gasteiger partial charge is 0.358 e. The molecule has 0 saturated carbocycles. The van der Waals surface area contributed by atoms with Crippen molar-refractivity contribution < 1.29 is 24.3 Å². The molecule has 1 rings (SSSR count). The summed E-state index contributed by atoms with van der Waals surface area (Å²) in [5, 5.41) is 8.30. The van der Waals surface area contributed by atoms with Gasteiger partial charge in [-0.25, -0.2) is 20.1 Å². The number of esters is 1. The summed E-state index contributed by atoms with van der Waals surface area (Å²) < 4.78 is 4.43. The van der Waals surface area contributed by atoms with Crippen LogP contribution >= 0.6 is 0 Å². The van der Waals surface area contributed by atoms with Crippen molar-refractivity contribution in [1.29, 1.82) is 0 Å². The van der Waals surface area contributed by atoms with E-state index in [4.69, 9.17) is 5.11 Å². The van der Waals surface area contributed by atoms with Gasteiger partial charge in [-0.15, -0.1) is 0 Å². The van der Waals surface area contributed by atoms with Crippen molar-refractivity contribution in [3.8, 4) is 0 Å². The van der Waals surface area contributed by atoms with E-state index in [1.807, 2.05) is 0 Å². The van der Waals surface area contributed by atoms with E-state index in [0.717, 1.165) is 0 Å². The molecule has 0 aromatic carbocycles. The average Bonchev–Trinajstić information content (AvgIpc) is 2.28. The van der Waals surface area contributed by atoms with Crippen LogP contribution in [0.15, 0.2) is 12.4 Å². The second-order valence-electron chi connectivity index (χ2n) is 2.57. The zero-order chi connectivity index (χ0) is 12.0. The highest BCUT2D eigenvalue weighted by Gasteiger charge is 2.08. The molecule has 0 atom stereocenters. The first-order valence-corrected chi connectivity index (χ1v) is 4.13. The van der Waals surface area contributed by atoms with Gasteiger partial charge in [0.25, 0.3) is 0 Å². The molecule has 1 aromatic rings. The van der Waals surface area contributed by atoms with Gasteiger partial charge in [0.2, 0.25) is 0 Å². The van der Waals surface area contributed by atoms with Crippen molar-refractivity contribution in [2.75, 3.05) is 19.2 Å². The lowest BCUT2D eigenvalue weighted by Gasteiger charge is -2.04. The lowest BCUT2D eigenvalue weighted by Crippen LogP contribution is -2.13. The van der Waals surface area contributed by atoms with Crippen molar-refractivity contribution in [3.05, 3.63) is 18.1 Å². The van der Waals surface area contributed by atoms with Crippen molar-refractivity contribution in [2.45, 2.75) is 0 Å². The molecule has 1 aromatic heterocycles. The second-order valence-corrected chi connectivity index (χ2v) is 2.57. The lowest BCUT2D eigenvalue weighted by molar-refractivity contribution is -0.141. The molecule has 16 heavy (non-hydrogen) atoms. The molecule has 0 bridgehead atoms. The molecule has 8 nitrogen and oxygen atoms in total. The Balaban J connectivity index is 2.60. The van der Waals surface area contributed by atoms with Gasteiger partial charge in [-0.2, -0.15) is 0 Å². The van der Waals surface area contributed by atoms with Gasteiger partial charge in [0.1, 0.15) is 0 Å². The largest absolute Gasteiger partial charge is 0.479 e. The first-order valence-electron chi connectivity index (χ1n) is 4.13. The zero-order valence-electron chi connectivity index (χ0n) is 8.34. The SMILES string of the molecule is COC(=O)c1cncc(NOCC(=O)O)n1. The van der Waals surface area contributed by atoms with Crippen LogP contribution < -0.4 is 5.48 Å². The van der Waals surface area contributed by atoms with Crippen LogP contribution in [-0.2, 0) is 14.4 Å². The summed E-state index contributed by atoms with van der Waals surface area (Å²) in [4.78, 5) is 33.2. The number of rotatable bonds is 5. The van der Waals surface area contributed by atoms with Crippen LogP contribution in [0.2, 0.25) is 0 Å². The maximum atomic E-state index is 11.1. The van der Waals surface area contributed by atoms with Gasteiger partial charge in [0.15, 0.2) is 18.1 Å². The van der Waals surface area contributed by atoms with Gasteiger partial charge in [0.05, 0.1) is 19.5 Å². The number of hydrogen-bond donors (Lipinski definition) is 2. The Hall–Kier alpha value is -2.22. The Labute approximate surface area is 90.2 Å². The average molecular weight is 227 g/mol. The van der Waals surface area contributed by atoms with Crippen molar-refractivity contribution in [2.24, 2.45) is 0 Å². The lowest BCUT2D eigenvalue weighted by atomic mass is 10.4. The van der Waals surface area contributed by atoms with E-state index < -0.39 is 18.5 Å². The topological polar surface area (TPSA) is 111 Å². The molecule has 2 N–H and O–H groups in total. The minimum Gasteiger partial charge on any atom is -0.479 e. The molecule has 0 aliphatic heterocycles. The summed E-state index contributed by atoms with van der Waals surface area (Å²) >= 11 is 0. The summed E-state index contributed by atoms with van der Waals surface area (Å²) in [6.07, 6.45) is 2.49. The molecule has 0 saturated heterocycles. The number of carboxylic acid groups (broad SMARTS) is 1. The van der Waals surface area contributed by atoms with Gasteiger partial charge in [-0.3, -0.25) is 9.82 Å². The highest BCUT2D eigenvalue weighted by Crippen LogP contribution is 2.02. The maximum Gasteiger partial charge on any atom is 0.358 e. The molecule has 0 spiro atoms. The normalized spacial score (nSPS) is 9.56. The number of carbonyl (C=O) groups is 2. The molecule has 86 valence electrons. The van der Waals surface area contributed by atoms with Crippen molar-refractivity contribution >= 4 is 17.8 Å². The van der Waals surface area contributed by atoms with Crippen LogP contribution in [-0.4, -0.2) is 40.7 Å². The summed E-state index contributed by atoms with van der Waals surface area (Å²) in [7, 11) is 1.21. The summed E-state index contributed by atoms with van der Waals surface area (Å²) in [5.41, 5.74) is 2.23. The first-order chi connectivity index (χ1) is 7.63. The Bertz CT molecular complexity index is 395.